The highest BCUT2D eigenvalue weighted by atomic mass is 16.6. The maximum atomic E-state index is 12.6. The predicted octanol–water partition coefficient (Wildman–Crippen LogP) is 3.27. The summed E-state index contributed by atoms with van der Waals surface area (Å²) in [6.45, 7) is -0.0707. The van der Waals surface area contributed by atoms with E-state index >= 15 is 0 Å². The van der Waals surface area contributed by atoms with Gasteiger partial charge in [0, 0.05) is 18.6 Å². The minimum atomic E-state index is -0.923. The number of ether oxygens (including phenoxy) is 1. The molecule has 0 aliphatic heterocycles. The van der Waals surface area contributed by atoms with Crippen LogP contribution in [0.4, 0.5) is 5.69 Å². The first-order chi connectivity index (χ1) is 14.0. The molecule has 1 atom stereocenters. The Kier molecular flexibility index (Phi) is 6.36. The molecule has 0 saturated heterocycles. The number of nitro benzene ring substituents is 1. The topological polar surface area (TPSA) is 112 Å². The number of esters is 1. The van der Waals surface area contributed by atoms with Gasteiger partial charge in [0.15, 0.2) is 5.76 Å². The second-order valence-electron chi connectivity index (χ2n) is 6.22. The number of rotatable bonds is 8. The highest BCUT2D eigenvalue weighted by Gasteiger charge is 2.24. The number of nitrogens with zero attached hydrogens (tertiary/aromatic N) is 1. The number of hydrogen-bond acceptors (Lipinski definition) is 6. The molecule has 3 rings (SSSR count). The number of benzene rings is 2. The molecule has 0 spiro atoms. The summed E-state index contributed by atoms with van der Waals surface area (Å²) in [5, 5.41) is 13.3. The molecule has 1 N–H and O–H groups in total. The van der Waals surface area contributed by atoms with E-state index in [1.807, 2.05) is 30.3 Å². The monoisotopic (exact) mass is 394 g/mol. The lowest BCUT2D eigenvalue weighted by atomic mass is 10.1. The van der Waals surface area contributed by atoms with E-state index in [9.17, 15) is 19.7 Å². The third kappa shape index (κ3) is 5.52. The van der Waals surface area contributed by atoms with Crippen molar-refractivity contribution in [3.63, 3.8) is 0 Å². The highest BCUT2D eigenvalue weighted by molar-refractivity contribution is 5.94. The van der Waals surface area contributed by atoms with E-state index in [0.717, 1.165) is 5.56 Å². The van der Waals surface area contributed by atoms with Crippen LogP contribution in [0, 0.1) is 10.1 Å². The summed E-state index contributed by atoms with van der Waals surface area (Å²) in [6, 6.07) is 17.1. The summed E-state index contributed by atoms with van der Waals surface area (Å²) in [5.74, 6) is -1.05. The number of nitro groups is 1. The van der Waals surface area contributed by atoms with Crippen LogP contribution in [-0.2, 0) is 22.6 Å². The number of non-ortho nitro benzene ring substituents is 1. The van der Waals surface area contributed by atoms with Gasteiger partial charge in [0.05, 0.1) is 11.2 Å². The Hall–Kier alpha value is -3.94. The van der Waals surface area contributed by atoms with Crippen molar-refractivity contribution < 1.29 is 23.7 Å². The Bertz CT molecular complexity index is 968. The molecule has 0 radical (unpaired) electrons. The Labute approximate surface area is 166 Å². The van der Waals surface area contributed by atoms with Crippen LogP contribution in [0.25, 0.3) is 0 Å². The lowest BCUT2D eigenvalue weighted by molar-refractivity contribution is -0.384. The maximum Gasteiger partial charge on any atom is 0.329 e. The molecule has 2 aromatic carbocycles. The van der Waals surface area contributed by atoms with Crippen molar-refractivity contribution in [1.82, 2.24) is 5.32 Å². The number of carbonyl (C=O) groups is 2. The Morgan fingerprint density at radius 1 is 1.00 bits per heavy atom. The van der Waals surface area contributed by atoms with E-state index in [1.165, 1.54) is 36.6 Å². The van der Waals surface area contributed by atoms with Gasteiger partial charge in [0.1, 0.15) is 12.6 Å². The summed E-state index contributed by atoms with van der Waals surface area (Å²) in [7, 11) is 0. The molecule has 8 heteroatoms. The van der Waals surface area contributed by atoms with E-state index in [4.69, 9.17) is 9.15 Å². The number of hydrogen-bond donors (Lipinski definition) is 1. The average molecular weight is 394 g/mol. The van der Waals surface area contributed by atoms with E-state index in [1.54, 1.807) is 6.07 Å². The molecule has 1 aromatic heterocycles. The lowest BCUT2D eigenvalue weighted by Crippen LogP contribution is -2.43. The molecule has 0 bridgehead atoms. The van der Waals surface area contributed by atoms with Gasteiger partial charge in [-0.15, -0.1) is 0 Å². The van der Waals surface area contributed by atoms with E-state index in [2.05, 4.69) is 5.32 Å². The molecule has 8 nitrogen and oxygen atoms in total. The second kappa shape index (κ2) is 9.32. The van der Waals surface area contributed by atoms with Crippen LogP contribution < -0.4 is 5.32 Å². The van der Waals surface area contributed by atoms with Crippen molar-refractivity contribution in [2.45, 2.75) is 19.1 Å². The molecule has 29 heavy (non-hydrogen) atoms. The second-order valence-corrected chi connectivity index (χ2v) is 6.22. The minimum Gasteiger partial charge on any atom is -0.459 e. The minimum absolute atomic E-state index is 0.0484. The summed E-state index contributed by atoms with van der Waals surface area (Å²) in [6.07, 6.45) is 1.61. The van der Waals surface area contributed by atoms with Gasteiger partial charge in [-0.25, -0.2) is 4.79 Å². The molecule has 0 unspecified atom stereocenters. The van der Waals surface area contributed by atoms with Gasteiger partial charge in [0.2, 0.25) is 0 Å². The summed E-state index contributed by atoms with van der Waals surface area (Å²) in [5.41, 5.74) is 1.40. The molecule has 1 amide bonds. The zero-order chi connectivity index (χ0) is 20.6. The maximum absolute atomic E-state index is 12.6. The van der Waals surface area contributed by atoms with Gasteiger partial charge in [-0.1, -0.05) is 30.3 Å². The Morgan fingerprint density at radius 2 is 1.72 bits per heavy atom. The van der Waals surface area contributed by atoms with Crippen LogP contribution in [0.5, 0.6) is 0 Å². The van der Waals surface area contributed by atoms with E-state index < -0.39 is 22.8 Å². The van der Waals surface area contributed by atoms with Crippen LogP contribution in [0.2, 0.25) is 0 Å². The van der Waals surface area contributed by atoms with Crippen LogP contribution in [-0.4, -0.2) is 22.8 Å². The van der Waals surface area contributed by atoms with Crippen molar-refractivity contribution in [1.29, 1.82) is 0 Å². The van der Waals surface area contributed by atoms with Gasteiger partial charge in [-0.2, -0.15) is 0 Å². The zero-order valence-corrected chi connectivity index (χ0v) is 15.3. The van der Waals surface area contributed by atoms with Crippen LogP contribution in [0.3, 0.4) is 0 Å². The van der Waals surface area contributed by atoms with Gasteiger partial charge in [-0.05, 0) is 35.4 Å². The molecule has 1 heterocycles. The third-order valence-electron chi connectivity index (χ3n) is 4.15. The van der Waals surface area contributed by atoms with Crippen LogP contribution in [0.1, 0.15) is 21.7 Å². The average Bonchev–Trinajstić information content (AvgIpc) is 3.27. The van der Waals surface area contributed by atoms with E-state index in [-0.39, 0.29) is 24.5 Å². The van der Waals surface area contributed by atoms with Gasteiger partial charge >= 0.3 is 5.97 Å². The fourth-order valence-electron chi connectivity index (χ4n) is 2.65. The number of amides is 1. The molecule has 148 valence electrons. The number of nitrogens with one attached hydrogen (secondary N) is 1. The lowest BCUT2D eigenvalue weighted by Gasteiger charge is -2.17. The third-order valence-corrected chi connectivity index (χ3v) is 4.15. The smallest absolute Gasteiger partial charge is 0.329 e. The van der Waals surface area contributed by atoms with Crippen molar-refractivity contribution in [2.75, 3.05) is 0 Å². The standard InChI is InChI=1S/C21H18N2O6/c24-20(19-7-4-12-28-19)22-18(13-15-5-2-1-3-6-15)21(25)29-14-16-8-10-17(11-9-16)23(26)27/h1-12,18H,13-14H2,(H,22,24)/t18-/m1/s1. The number of carbonyl (C=O) groups excluding carboxylic acids is 2. The molecule has 0 saturated carbocycles. The normalized spacial score (nSPS) is 11.4. The molecular formula is C21H18N2O6. The predicted molar refractivity (Wildman–Crippen MR) is 103 cm³/mol. The molecular weight excluding hydrogens is 376 g/mol. The SMILES string of the molecule is O=C(N[C@H](Cc1ccccc1)C(=O)OCc1ccc([N+](=O)[O-])cc1)c1ccco1. The van der Waals surface area contributed by atoms with Crippen molar-refractivity contribution in [2.24, 2.45) is 0 Å². The zero-order valence-electron chi connectivity index (χ0n) is 15.3. The largest absolute Gasteiger partial charge is 0.459 e. The first-order valence-electron chi connectivity index (χ1n) is 8.81. The summed E-state index contributed by atoms with van der Waals surface area (Å²) in [4.78, 5) is 35.1. The number of furan rings is 1. The van der Waals surface area contributed by atoms with Crippen molar-refractivity contribution in [3.05, 3.63) is 100.0 Å². The Morgan fingerprint density at radius 3 is 2.34 bits per heavy atom. The Balaban J connectivity index is 1.67. The molecule has 0 aliphatic carbocycles. The molecule has 0 fully saturated rings. The fourth-order valence-corrected chi connectivity index (χ4v) is 2.65. The van der Waals surface area contributed by atoms with Gasteiger partial charge in [-0.3, -0.25) is 14.9 Å². The van der Waals surface area contributed by atoms with Crippen molar-refractivity contribution in [3.8, 4) is 0 Å². The van der Waals surface area contributed by atoms with Crippen LogP contribution in [0.15, 0.2) is 77.4 Å². The van der Waals surface area contributed by atoms with Crippen LogP contribution >= 0.6 is 0 Å². The molecule has 0 aliphatic rings. The first kappa shape index (κ1) is 19.8. The summed E-state index contributed by atoms with van der Waals surface area (Å²) < 4.78 is 10.4. The quantitative estimate of drug-likeness (QED) is 0.356. The summed E-state index contributed by atoms with van der Waals surface area (Å²) >= 11 is 0. The van der Waals surface area contributed by atoms with Crippen molar-refractivity contribution >= 4 is 17.6 Å². The fraction of sp³-hybridized carbons (Fsp3) is 0.143. The van der Waals surface area contributed by atoms with Gasteiger partial charge in [0.25, 0.3) is 11.6 Å². The van der Waals surface area contributed by atoms with E-state index in [0.29, 0.717) is 5.56 Å². The van der Waals surface area contributed by atoms with Gasteiger partial charge < -0.3 is 14.5 Å². The first-order valence-corrected chi connectivity index (χ1v) is 8.81. The highest BCUT2D eigenvalue weighted by Crippen LogP contribution is 2.13. The molecule has 3 aromatic rings.